The lowest BCUT2D eigenvalue weighted by Crippen LogP contribution is -2.44. The van der Waals surface area contributed by atoms with E-state index >= 15 is 0 Å². The Bertz CT molecular complexity index is 209. The molecule has 2 bridgehead atoms. The maximum absolute atomic E-state index is 5.91. The van der Waals surface area contributed by atoms with E-state index in [0.717, 1.165) is 12.5 Å². The highest BCUT2D eigenvalue weighted by molar-refractivity contribution is 9.10. The highest BCUT2D eigenvalue weighted by Gasteiger charge is 2.61. The molecule has 0 aromatic rings. The van der Waals surface area contributed by atoms with Crippen LogP contribution >= 0.6 is 15.9 Å². The molecule has 0 saturated heterocycles. The van der Waals surface area contributed by atoms with Crippen LogP contribution < -0.4 is 0 Å². The van der Waals surface area contributed by atoms with Gasteiger partial charge in [0.05, 0.1) is 10.4 Å². The highest BCUT2D eigenvalue weighted by atomic mass is 79.9. The number of hydrogen-bond acceptors (Lipinski definition) is 1. The monoisotopic (exact) mass is 246 g/mol. The molecule has 1 nitrogen and oxygen atoms in total. The SMILES string of the molecule is CCOC1C2(Br)CCC(C2)C1(C)C. The van der Waals surface area contributed by atoms with Crippen molar-refractivity contribution in [1.82, 2.24) is 0 Å². The van der Waals surface area contributed by atoms with Crippen LogP contribution in [-0.2, 0) is 4.74 Å². The molecule has 0 aromatic heterocycles. The Morgan fingerprint density at radius 2 is 2.15 bits per heavy atom. The molecule has 2 aliphatic carbocycles. The molecule has 2 saturated carbocycles. The van der Waals surface area contributed by atoms with Crippen LogP contribution in [0, 0.1) is 11.3 Å². The minimum atomic E-state index is 0.303. The van der Waals surface area contributed by atoms with Gasteiger partial charge in [0.15, 0.2) is 0 Å². The lowest BCUT2D eigenvalue weighted by Gasteiger charge is -2.41. The summed E-state index contributed by atoms with van der Waals surface area (Å²) in [5, 5.41) is 0. The van der Waals surface area contributed by atoms with Crippen molar-refractivity contribution in [3.05, 3.63) is 0 Å². The molecule has 0 spiro atoms. The first kappa shape index (κ1) is 9.97. The summed E-state index contributed by atoms with van der Waals surface area (Å²) in [4.78, 5) is 0. The fourth-order valence-electron chi connectivity index (χ4n) is 3.31. The summed E-state index contributed by atoms with van der Waals surface area (Å²) in [5.41, 5.74) is 0.373. The Morgan fingerprint density at radius 3 is 2.62 bits per heavy atom. The second-order valence-electron chi connectivity index (χ2n) is 5.13. The van der Waals surface area contributed by atoms with Crippen LogP contribution in [0.15, 0.2) is 0 Å². The van der Waals surface area contributed by atoms with Crippen LogP contribution in [0.1, 0.15) is 40.0 Å². The predicted octanol–water partition coefficient (Wildman–Crippen LogP) is 3.37. The van der Waals surface area contributed by atoms with E-state index in [0.29, 0.717) is 15.8 Å². The Kier molecular flexibility index (Phi) is 2.27. The van der Waals surface area contributed by atoms with Gasteiger partial charge in [-0.2, -0.15) is 0 Å². The topological polar surface area (TPSA) is 9.23 Å². The third-order valence-electron chi connectivity index (χ3n) is 4.03. The first-order valence-corrected chi connectivity index (χ1v) is 6.10. The zero-order valence-corrected chi connectivity index (χ0v) is 10.4. The molecule has 0 N–H and O–H groups in total. The van der Waals surface area contributed by atoms with Crippen molar-refractivity contribution in [3.63, 3.8) is 0 Å². The predicted molar refractivity (Wildman–Crippen MR) is 58.2 cm³/mol. The smallest absolute Gasteiger partial charge is 0.0781 e. The summed E-state index contributed by atoms with van der Waals surface area (Å²) in [6.07, 6.45) is 4.40. The largest absolute Gasteiger partial charge is 0.376 e. The normalized spacial score (nSPS) is 47.1. The number of halogens is 1. The van der Waals surface area contributed by atoms with Crippen molar-refractivity contribution in [3.8, 4) is 0 Å². The highest BCUT2D eigenvalue weighted by Crippen LogP contribution is 2.62. The van der Waals surface area contributed by atoms with Crippen molar-refractivity contribution < 1.29 is 4.74 Å². The third-order valence-corrected chi connectivity index (χ3v) is 5.16. The zero-order chi connectivity index (χ0) is 9.69. The maximum atomic E-state index is 5.91. The lowest BCUT2D eigenvalue weighted by atomic mass is 9.74. The van der Waals surface area contributed by atoms with Gasteiger partial charge in [-0.25, -0.2) is 0 Å². The third kappa shape index (κ3) is 1.29. The van der Waals surface area contributed by atoms with Gasteiger partial charge in [0.1, 0.15) is 0 Å². The van der Waals surface area contributed by atoms with Gasteiger partial charge in [0, 0.05) is 6.61 Å². The molecule has 2 heteroatoms. The van der Waals surface area contributed by atoms with Crippen molar-refractivity contribution in [2.75, 3.05) is 6.61 Å². The second-order valence-corrected chi connectivity index (χ2v) is 6.71. The average Bonchev–Trinajstić information content (AvgIpc) is 2.50. The van der Waals surface area contributed by atoms with E-state index in [9.17, 15) is 0 Å². The fourth-order valence-corrected chi connectivity index (χ4v) is 4.65. The van der Waals surface area contributed by atoms with Crippen LogP contribution in [0.2, 0.25) is 0 Å². The molecule has 13 heavy (non-hydrogen) atoms. The Morgan fingerprint density at radius 1 is 1.46 bits per heavy atom. The summed E-state index contributed by atoms with van der Waals surface area (Å²) in [6, 6.07) is 0. The molecule has 0 aromatic carbocycles. The van der Waals surface area contributed by atoms with Gasteiger partial charge < -0.3 is 4.74 Å². The number of rotatable bonds is 2. The van der Waals surface area contributed by atoms with Gasteiger partial charge in [-0.1, -0.05) is 29.8 Å². The van der Waals surface area contributed by atoms with E-state index < -0.39 is 0 Å². The molecule has 3 unspecified atom stereocenters. The summed E-state index contributed by atoms with van der Waals surface area (Å²) < 4.78 is 6.21. The second kappa shape index (κ2) is 2.96. The molecule has 0 amide bonds. The molecule has 0 radical (unpaired) electrons. The minimum Gasteiger partial charge on any atom is -0.376 e. The minimum absolute atomic E-state index is 0.303. The van der Waals surface area contributed by atoms with Crippen LogP contribution in [0.5, 0.6) is 0 Å². The number of alkyl halides is 1. The maximum Gasteiger partial charge on any atom is 0.0781 e. The van der Waals surface area contributed by atoms with E-state index in [1.807, 2.05) is 0 Å². The van der Waals surface area contributed by atoms with E-state index in [4.69, 9.17) is 4.74 Å². The first-order valence-electron chi connectivity index (χ1n) is 5.31. The van der Waals surface area contributed by atoms with Crippen molar-refractivity contribution in [2.45, 2.75) is 50.5 Å². The number of ether oxygens (including phenoxy) is 1. The summed E-state index contributed by atoms with van der Waals surface area (Å²) in [7, 11) is 0. The first-order chi connectivity index (χ1) is 6.00. The Hall–Kier alpha value is 0.440. The standard InChI is InChI=1S/C11H19BrO/c1-4-13-9-10(2,3)8-5-6-11(9,12)7-8/h8-9H,4-7H2,1-3H3. The van der Waals surface area contributed by atoms with Gasteiger partial charge in [-0.15, -0.1) is 0 Å². The van der Waals surface area contributed by atoms with Gasteiger partial charge in [-0.05, 0) is 37.5 Å². The van der Waals surface area contributed by atoms with Crippen LogP contribution in [0.3, 0.4) is 0 Å². The fraction of sp³-hybridized carbons (Fsp3) is 1.00. The summed E-state index contributed by atoms with van der Waals surface area (Å²) in [5.74, 6) is 0.864. The Balaban J connectivity index is 2.23. The molecule has 2 rings (SSSR count). The Labute approximate surface area is 89.4 Å². The summed E-state index contributed by atoms with van der Waals surface area (Å²) >= 11 is 3.90. The van der Waals surface area contributed by atoms with Crippen molar-refractivity contribution in [1.29, 1.82) is 0 Å². The number of hydrogen-bond donors (Lipinski definition) is 0. The zero-order valence-electron chi connectivity index (χ0n) is 8.77. The molecule has 0 aliphatic heterocycles. The molecule has 2 fully saturated rings. The number of fused-ring (bicyclic) bond motifs is 2. The summed E-state index contributed by atoms with van der Waals surface area (Å²) in [6.45, 7) is 7.66. The van der Waals surface area contributed by atoms with Gasteiger partial charge in [0.2, 0.25) is 0 Å². The van der Waals surface area contributed by atoms with Crippen LogP contribution in [-0.4, -0.2) is 17.0 Å². The molecule has 2 aliphatic rings. The molecule has 0 heterocycles. The van der Waals surface area contributed by atoms with Crippen LogP contribution in [0.25, 0.3) is 0 Å². The quantitative estimate of drug-likeness (QED) is 0.680. The van der Waals surface area contributed by atoms with E-state index in [2.05, 4.69) is 36.7 Å². The van der Waals surface area contributed by atoms with E-state index in [1.54, 1.807) is 0 Å². The van der Waals surface area contributed by atoms with Gasteiger partial charge >= 0.3 is 0 Å². The molecule has 76 valence electrons. The van der Waals surface area contributed by atoms with Crippen molar-refractivity contribution >= 4 is 15.9 Å². The molecular formula is C11H19BrO. The van der Waals surface area contributed by atoms with Gasteiger partial charge in [0.25, 0.3) is 0 Å². The molecule has 3 atom stereocenters. The van der Waals surface area contributed by atoms with Gasteiger partial charge in [-0.3, -0.25) is 0 Å². The lowest BCUT2D eigenvalue weighted by molar-refractivity contribution is -0.0422. The molecular weight excluding hydrogens is 228 g/mol. The average molecular weight is 247 g/mol. The van der Waals surface area contributed by atoms with Crippen LogP contribution in [0.4, 0.5) is 0 Å². The van der Waals surface area contributed by atoms with Crippen molar-refractivity contribution in [2.24, 2.45) is 11.3 Å². The van der Waals surface area contributed by atoms with E-state index in [1.165, 1.54) is 19.3 Å². The van der Waals surface area contributed by atoms with E-state index in [-0.39, 0.29) is 0 Å².